The lowest BCUT2D eigenvalue weighted by molar-refractivity contribution is 0.408. The SMILES string of the molecule is COc1ccc(-c2n[nH]c(C)c2-c2ccc(Br)cc2)c(O)c1. The molecule has 0 saturated carbocycles. The Morgan fingerprint density at radius 3 is 2.50 bits per heavy atom. The normalized spacial score (nSPS) is 10.7. The zero-order valence-electron chi connectivity index (χ0n) is 12.2. The van der Waals surface area contributed by atoms with E-state index >= 15 is 0 Å². The van der Waals surface area contributed by atoms with Crippen molar-refractivity contribution in [3.8, 4) is 33.9 Å². The molecule has 1 heterocycles. The van der Waals surface area contributed by atoms with Gasteiger partial charge in [0, 0.05) is 27.4 Å². The lowest BCUT2D eigenvalue weighted by Gasteiger charge is -2.08. The Kier molecular flexibility index (Phi) is 3.90. The number of aryl methyl sites for hydroxylation is 1. The van der Waals surface area contributed by atoms with Crippen molar-refractivity contribution in [1.29, 1.82) is 0 Å². The van der Waals surface area contributed by atoms with E-state index in [9.17, 15) is 5.11 Å². The Morgan fingerprint density at radius 1 is 1.14 bits per heavy atom. The predicted molar refractivity (Wildman–Crippen MR) is 90.1 cm³/mol. The van der Waals surface area contributed by atoms with Crippen LogP contribution in [0.4, 0.5) is 0 Å². The molecule has 0 fully saturated rings. The second kappa shape index (κ2) is 5.85. The molecule has 0 saturated heterocycles. The number of ether oxygens (including phenoxy) is 1. The van der Waals surface area contributed by atoms with E-state index in [1.807, 2.05) is 43.3 Å². The van der Waals surface area contributed by atoms with Crippen LogP contribution in [-0.4, -0.2) is 22.4 Å². The van der Waals surface area contributed by atoms with Gasteiger partial charge in [-0.3, -0.25) is 5.10 Å². The van der Waals surface area contributed by atoms with Crippen molar-refractivity contribution in [3.05, 3.63) is 52.6 Å². The molecule has 0 aliphatic rings. The van der Waals surface area contributed by atoms with Crippen LogP contribution >= 0.6 is 15.9 Å². The fourth-order valence-corrected chi connectivity index (χ4v) is 2.70. The van der Waals surface area contributed by atoms with Gasteiger partial charge in [-0.1, -0.05) is 28.1 Å². The van der Waals surface area contributed by atoms with Crippen molar-refractivity contribution in [1.82, 2.24) is 10.2 Å². The third kappa shape index (κ3) is 2.60. The number of benzene rings is 2. The first-order chi connectivity index (χ1) is 10.6. The van der Waals surface area contributed by atoms with Gasteiger partial charge in [-0.25, -0.2) is 0 Å². The molecule has 5 heteroatoms. The van der Waals surface area contributed by atoms with Crippen LogP contribution in [0.2, 0.25) is 0 Å². The summed E-state index contributed by atoms with van der Waals surface area (Å²) in [4.78, 5) is 0. The van der Waals surface area contributed by atoms with Crippen LogP contribution < -0.4 is 4.74 Å². The van der Waals surface area contributed by atoms with Crippen LogP contribution in [0, 0.1) is 6.92 Å². The number of aromatic hydroxyl groups is 1. The number of hydrogen-bond acceptors (Lipinski definition) is 3. The quantitative estimate of drug-likeness (QED) is 0.723. The second-order valence-electron chi connectivity index (χ2n) is 4.96. The van der Waals surface area contributed by atoms with Crippen LogP contribution in [-0.2, 0) is 0 Å². The summed E-state index contributed by atoms with van der Waals surface area (Å²) in [6.45, 7) is 1.97. The fourth-order valence-electron chi connectivity index (χ4n) is 2.43. The van der Waals surface area contributed by atoms with E-state index in [-0.39, 0.29) is 5.75 Å². The molecule has 0 unspecified atom stereocenters. The smallest absolute Gasteiger partial charge is 0.128 e. The molecule has 0 aliphatic heterocycles. The van der Waals surface area contributed by atoms with Gasteiger partial charge < -0.3 is 9.84 Å². The van der Waals surface area contributed by atoms with E-state index in [0.717, 1.165) is 27.0 Å². The van der Waals surface area contributed by atoms with Crippen molar-refractivity contribution < 1.29 is 9.84 Å². The highest BCUT2D eigenvalue weighted by Crippen LogP contribution is 2.38. The Balaban J connectivity index is 2.15. The first kappa shape index (κ1) is 14.7. The third-order valence-electron chi connectivity index (χ3n) is 3.54. The standard InChI is InChI=1S/C17H15BrN2O2/c1-10-16(11-3-5-12(18)6-4-11)17(20-19-10)14-8-7-13(22-2)9-15(14)21/h3-9,21H,1-2H3,(H,19,20). The van der Waals surface area contributed by atoms with E-state index in [1.165, 1.54) is 0 Å². The fraction of sp³-hybridized carbons (Fsp3) is 0.118. The second-order valence-corrected chi connectivity index (χ2v) is 5.88. The van der Waals surface area contributed by atoms with E-state index < -0.39 is 0 Å². The van der Waals surface area contributed by atoms with Gasteiger partial charge in [0.15, 0.2) is 0 Å². The van der Waals surface area contributed by atoms with Gasteiger partial charge in [-0.2, -0.15) is 5.10 Å². The van der Waals surface area contributed by atoms with E-state index in [0.29, 0.717) is 11.3 Å². The first-order valence-corrected chi connectivity index (χ1v) is 7.57. The Labute approximate surface area is 136 Å². The van der Waals surface area contributed by atoms with Crippen molar-refractivity contribution in [2.75, 3.05) is 7.11 Å². The molecular formula is C17H15BrN2O2. The monoisotopic (exact) mass is 358 g/mol. The van der Waals surface area contributed by atoms with Crippen molar-refractivity contribution >= 4 is 15.9 Å². The number of nitrogens with zero attached hydrogens (tertiary/aromatic N) is 1. The minimum atomic E-state index is 0.143. The molecule has 112 valence electrons. The number of hydrogen-bond donors (Lipinski definition) is 2. The minimum absolute atomic E-state index is 0.143. The van der Waals surface area contributed by atoms with E-state index in [1.54, 1.807) is 13.2 Å². The van der Waals surface area contributed by atoms with Gasteiger partial charge in [-0.05, 0) is 36.8 Å². The molecule has 0 atom stereocenters. The summed E-state index contributed by atoms with van der Waals surface area (Å²) in [5, 5.41) is 17.6. The minimum Gasteiger partial charge on any atom is -0.507 e. The zero-order chi connectivity index (χ0) is 15.7. The van der Waals surface area contributed by atoms with Crippen molar-refractivity contribution in [3.63, 3.8) is 0 Å². The summed E-state index contributed by atoms with van der Waals surface area (Å²) in [5.41, 5.74) is 4.36. The van der Waals surface area contributed by atoms with Gasteiger partial charge in [-0.15, -0.1) is 0 Å². The largest absolute Gasteiger partial charge is 0.507 e. The number of aromatic amines is 1. The predicted octanol–water partition coefficient (Wildman–Crippen LogP) is 4.53. The first-order valence-electron chi connectivity index (χ1n) is 6.78. The molecule has 22 heavy (non-hydrogen) atoms. The molecule has 2 N–H and O–H groups in total. The molecule has 2 aromatic carbocycles. The van der Waals surface area contributed by atoms with Gasteiger partial charge in [0.05, 0.1) is 7.11 Å². The van der Waals surface area contributed by atoms with E-state index in [2.05, 4.69) is 26.1 Å². The van der Waals surface area contributed by atoms with E-state index in [4.69, 9.17) is 4.74 Å². The van der Waals surface area contributed by atoms with Crippen molar-refractivity contribution in [2.24, 2.45) is 0 Å². The Bertz CT molecular complexity index is 810. The molecule has 0 bridgehead atoms. The number of phenolic OH excluding ortho intramolecular Hbond substituents is 1. The Hall–Kier alpha value is -2.27. The highest BCUT2D eigenvalue weighted by atomic mass is 79.9. The highest BCUT2D eigenvalue weighted by Gasteiger charge is 2.17. The number of methoxy groups -OCH3 is 1. The molecule has 0 radical (unpaired) electrons. The summed E-state index contributed by atoms with van der Waals surface area (Å²) in [6.07, 6.45) is 0. The lowest BCUT2D eigenvalue weighted by Crippen LogP contribution is -1.87. The van der Waals surface area contributed by atoms with Gasteiger partial charge in [0.25, 0.3) is 0 Å². The summed E-state index contributed by atoms with van der Waals surface area (Å²) >= 11 is 3.44. The van der Waals surface area contributed by atoms with Crippen LogP contribution in [0.5, 0.6) is 11.5 Å². The molecule has 4 nitrogen and oxygen atoms in total. The number of aromatic nitrogens is 2. The Morgan fingerprint density at radius 2 is 1.86 bits per heavy atom. The summed E-state index contributed by atoms with van der Waals surface area (Å²) in [6, 6.07) is 13.2. The molecule has 1 aromatic heterocycles. The highest BCUT2D eigenvalue weighted by molar-refractivity contribution is 9.10. The summed E-state index contributed by atoms with van der Waals surface area (Å²) in [7, 11) is 1.57. The summed E-state index contributed by atoms with van der Waals surface area (Å²) < 4.78 is 6.15. The number of nitrogens with one attached hydrogen (secondary N) is 1. The number of halogens is 1. The van der Waals surface area contributed by atoms with Crippen LogP contribution in [0.15, 0.2) is 46.9 Å². The number of phenols is 1. The average Bonchev–Trinajstić information content (AvgIpc) is 2.89. The average molecular weight is 359 g/mol. The van der Waals surface area contributed by atoms with Crippen LogP contribution in [0.3, 0.4) is 0 Å². The maximum Gasteiger partial charge on any atom is 0.128 e. The summed E-state index contributed by atoms with van der Waals surface area (Å²) in [5.74, 6) is 0.753. The maximum atomic E-state index is 10.3. The third-order valence-corrected chi connectivity index (χ3v) is 4.07. The van der Waals surface area contributed by atoms with Crippen molar-refractivity contribution in [2.45, 2.75) is 6.92 Å². The van der Waals surface area contributed by atoms with Gasteiger partial charge in [0.2, 0.25) is 0 Å². The van der Waals surface area contributed by atoms with Crippen LogP contribution in [0.25, 0.3) is 22.4 Å². The molecule has 3 rings (SSSR count). The molecule has 0 spiro atoms. The number of H-pyrrole nitrogens is 1. The van der Waals surface area contributed by atoms with Gasteiger partial charge in [0.1, 0.15) is 17.2 Å². The maximum absolute atomic E-state index is 10.3. The molecule has 0 aliphatic carbocycles. The van der Waals surface area contributed by atoms with Crippen LogP contribution in [0.1, 0.15) is 5.69 Å². The van der Waals surface area contributed by atoms with Gasteiger partial charge >= 0.3 is 0 Å². The topological polar surface area (TPSA) is 58.1 Å². The lowest BCUT2D eigenvalue weighted by atomic mass is 9.99. The number of rotatable bonds is 3. The zero-order valence-corrected chi connectivity index (χ0v) is 13.8. The molecular weight excluding hydrogens is 344 g/mol. The molecule has 0 amide bonds. The molecule has 3 aromatic rings.